The molecule has 1 aliphatic heterocycles. The topological polar surface area (TPSA) is 32.3 Å². The number of carbonyl (C=O) groups excluding carboxylic acids is 1. The lowest BCUT2D eigenvalue weighted by atomic mass is 10.1. The highest BCUT2D eigenvalue weighted by Gasteiger charge is 2.17. The summed E-state index contributed by atoms with van der Waals surface area (Å²) in [4.78, 5) is 13.7. The van der Waals surface area contributed by atoms with Crippen LogP contribution in [0.25, 0.3) is 0 Å². The number of amides is 1. The molecule has 1 aromatic carbocycles. The molecule has 0 spiro atoms. The molecule has 1 N–H and O–H groups in total. The van der Waals surface area contributed by atoms with Crippen molar-refractivity contribution in [2.45, 2.75) is 32.2 Å². The normalized spacial score (nSPS) is 16.4. The molecule has 110 valence electrons. The largest absolute Gasteiger partial charge is 0.343 e. The molecule has 1 aliphatic rings. The van der Waals surface area contributed by atoms with Crippen molar-refractivity contribution in [3.8, 4) is 0 Å². The van der Waals surface area contributed by atoms with Crippen molar-refractivity contribution in [3.05, 3.63) is 35.4 Å². The van der Waals surface area contributed by atoms with Crippen LogP contribution in [0.4, 0.5) is 8.78 Å². The van der Waals surface area contributed by atoms with Gasteiger partial charge in [0.25, 0.3) is 0 Å². The van der Waals surface area contributed by atoms with E-state index in [1.165, 1.54) is 6.07 Å². The molecule has 1 atom stereocenters. The molecule has 20 heavy (non-hydrogen) atoms. The first-order valence-corrected chi connectivity index (χ1v) is 7.04. The summed E-state index contributed by atoms with van der Waals surface area (Å²) < 4.78 is 26.0. The first-order valence-electron chi connectivity index (χ1n) is 7.04. The van der Waals surface area contributed by atoms with E-state index in [1.54, 1.807) is 6.07 Å². The van der Waals surface area contributed by atoms with Crippen LogP contribution < -0.4 is 5.32 Å². The van der Waals surface area contributed by atoms with Gasteiger partial charge in [0.1, 0.15) is 0 Å². The van der Waals surface area contributed by atoms with E-state index in [9.17, 15) is 13.6 Å². The SMILES string of the molecule is CC(NCCC(=O)N1CCCC1)c1ccc(F)c(F)c1. The van der Waals surface area contributed by atoms with Crippen LogP contribution in [0.2, 0.25) is 0 Å². The second kappa shape index (κ2) is 6.79. The van der Waals surface area contributed by atoms with Crippen LogP contribution >= 0.6 is 0 Å². The zero-order valence-electron chi connectivity index (χ0n) is 11.7. The van der Waals surface area contributed by atoms with Gasteiger partial charge < -0.3 is 10.2 Å². The Kier molecular flexibility index (Phi) is 5.06. The Morgan fingerprint density at radius 1 is 1.30 bits per heavy atom. The van der Waals surface area contributed by atoms with Gasteiger partial charge in [-0.3, -0.25) is 4.79 Å². The van der Waals surface area contributed by atoms with Gasteiger partial charge in [0.2, 0.25) is 5.91 Å². The van der Waals surface area contributed by atoms with E-state index in [0.717, 1.165) is 32.0 Å². The molecule has 1 aromatic rings. The Labute approximate surface area is 118 Å². The third-order valence-electron chi connectivity index (χ3n) is 3.69. The molecule has 0 bridgehead atoms. The van der Waals surface area contributed by atoms with Crippen LogP contribution in [0.1, 0.15) is 37.8 Å². The Morgan fingerprint density at radius 3 is 2.65 bits per heavy atom. The number of benzene rings is 1. The molecule has 1 heterocycles. The van der Waals surface area contributed by atoms with Crippen molar-refractivity contribution >= 4 is 5.91 Å². The molecule has 0 saturated carbocycles. The Bertz CT molecular complexity index is 473. The predicted octanol–water partition coefficient (Wildman–Crippen LogP) is 2.63. The Morgan fingerprint density at radius 2 is 2.00 bits per heavy atom. The van der Waals surface area contributed by atoms with E-state index in [0.29, 0.717) is 18.5 Å². The summed E-state index contributed by atoms with van der Waals surface area (Å²) >= 11 is 0. The van der Waals surface area contributed by atoms with Gasteiger partial charge in [-0.1, -0.05) is 6.07 Å². The van der Waals surface area contributed by atoms with Gasteiger partial charge in [-0.05, 0) is 37.5 Å². The molecule has 1 fully saturated rings. The molecule has 2 rings (SSSR count). The summed E-state index contributed by atoms with van der Waals surface area (Å²) in [6.07, 6.45) is 2.61. The third-order valence-corrected chi connectivity index (χ3v) is 3.69. The van der Waals surface area contributed by atoms with Gasteiger partial charge in [0.15, 0.2) is 11.6 Å². The lowest BCUT2D eigenvalue weighted by Gasteiger charge is -2.17. The fraction of sp³-hybridized carbons (Fsp3) is 0.533. The van der Waals surface area contributed by atoms with E-state index in [-0.39, 0.29) is 11.9 Å². The highest BCUT2D eigenvalue weighted by Crippen LogP contribution is 2.16. The zero-order valence-corrected chi connectivity index (χ0v) is 11.7. The number of hydrogen-bond acceptors (Lipinski definition) is 2. The van der Waals surface area contributed by atoms with Crippen LogP contribution in [0, 0.1) is 11.6 Å². The van der Waals surface area contributed by atoms with E-state index < -0.39 is 11.6 Å². The number of hydrogen-bond donors (Lipinski definition) is 1. The number of carbonyl (C=O) groups is 1. The van der Waals surface area contributed by atoms with Crippen molar-refractivity contribution in [2.75, 3.05) is 19.6 Å². The summed E-state index contributed by atoms with van der Waals surface area (Å²) in [6.45, 7) is 4.12. The fourth-order valence-electron chi connectivity index (χ4n) is 2.42. The van der Waals surface area contributed by atoms with Gasteiger partial charge in [-0.15, -0.1) is 0 Å². The maximum Gasteiger partial charge on any atom is 0.223 e. The van der Waals surface area contributed by atoms with Crippen molar-refractivity contribution in [2.24, 2.45) is 0 Å². The van der Waals surface area contributed by atoms with Gasteiger partial charge in [-0.2, -0.15) is 0 Å². The number of rotatable bonds is 5. The van der Waals surface area contributed by atoms with Crippen molar-refractivity contribution < 1.29 is 13.6 Å². The van der Waals surface area contributed by atoms with Crippen LogP contribution in [0.5, 0.6) is 0 Å². The quantitative estimate of drug-likeness (QED) is 0.900. The highest BCUT2D eigenvalue weighted by atomic mass is 19.2. The smallest absolute Gasteiger partial charge is 0.223 e. The lowest BCUT2D eigenvalue weighted by molar-refractivity contribution is -0.130. The Balaban J connectivity index is 1.78. The standard InChI is InChI=1S/C15H20F2N2O/c1-11(12-4-5-13(16)14(17)10-12)18-7-6-15(20)19-8-2-3-9-19/h4-5,10-11,18H,2-3,6-9H2,1H3. The van der Waals surface area contributed by atoms with Crippen molar-refractivity contribution in [1.82, 2.24) is 10.2 Å². The highest BCUT2D eigenvalue weighted by molar-refractivity contribution is 5.76. The monoisotopic (exact) mass is 282 g/mol. The minimum atomic E-state index is -0.843. The maximum atomic E-state index is 13.1. The first kappa shape index (κ1) is 14.9. The molecule has 0 aromatic heterocycles. The second-order valence-corrected chi connectivity index (χ2v) is 5.19. The van der Waals surface area contributed by atoms with Gasteiger partial charge in [0.05, 0.1) is 0 Å². The number of likely N-dealkylation sites (tertiary alicyclic amines) is 1. The molecular formula is C15H20F2N2O. The van der Waals surface area contributed by atoms with E-state index in [4.69, 9.17) is 0 Å². The zero-order chi connectivity index (χ0) is 14.5. The predicted molar refractivity (Wildman–Crippen MR) is 73.2 cm³/mol. The molecule has 1 saturated heterocycles. The average molecular weight is 282 g/mol. The molecule has 0 radical (unpaired) electrons. The van der Waals surface area contributed by atoms with E-state index in [2.05, 4.69) is 5.32 Å². The van der Waals surface area contributed by atoms with E-state index in [1.807, 2.05) is 11.8 Å². The van der Waals surface area contributed by atoms with Gasteiger partial charge in [-0.25, -0.2) is 8.78 Å². The summed E-state index contributed by atoms with van der Waals surface area (Å²) in [5.74, 6) is -1.53. The molecular weight excluding hydrogens is 262 g/mol. The minimum Gasteiger partial charge on any atom is -0.343 e. The molecule has 1 amide bonds. The third kappa shape index (κ3) is 3.76. The van der Waals surface area contributed by atoms with E-state index >= 15 is 0 Å². The fourth-order valence-corrected chi connectivity index (χ4v) is 2.42. The maximum absolute atomic E-state index is 13.1. The first-order chi connectivity index (χ1) is 9.58. The average Bonchev–Trinajstić information content (AvgIpc) is 2.95. The number of nitrogens with one attached hydrogen (secondary N) is 1. The van der Waals surface area contributed by atoms with Crippen LogP contribution in [0.3, 0.4) is 0 Å². The summed E-state index contributed by atoms with van der Waals surface area (Å²) in [5.41, 5.74) is 0.678. The molecule has 1 unspecified atom stereocenters. The molecule has 5 heteroatoms. The lowest BCUT2D eigenvalue weighted by Crippen LogP contribution is -2.31. The summed E-state index contributed by atoms with van der Waals surface area (Å²) in [6, 6.07) is 3.75. The Hall–Kier alpha value is -1.49. The van der Waals surface area contributed by atoms with Crippen LogP contribution in [-0.2, 0) is 4.79 Å². The van der Waals surface area contributed by atoms with Gasteiger partial charge in [0, 0.05) is 32.1 Å². The molecule has 3 nitrogen and oxygen atoms in total. The van der Waals surface area contributed by atoms with Crippen LogP contribution in [-0.4, -0.2) is 30.4 Å². The van der Waals surface area contributed by atoms with Crippen molar-refractivity contribution in [3.63, 3.8) is 0 Å². The van der Waals surface area contributed by atoms with Gasteiger partial charge >= 0.3 is 0 Å². The summed E-state index contributed by atoms with van der Waals surface area (Å²) in [5, 5.41) is 3.16. The molecule has 0 aliphatic carbocycles. The minimum absolute atomic E-state index is 0.114. The summed E-state index contributed by atoms with van der Waals surface area (Å²) in [7, 11) is 0. The van der Waals surface area contributed by atoms with Crippen LogP contribution in [0.15, 0.2) is 18.2 Å². The van der Waals surface area contributed by atoms with Crippen molar-refractivity contribution in [1.29, 1.82) is 0 Å². The second-order valence-electron chi connectivity index (χ2n) is 5.19. The number of halogens is 2. The number of nitrogens with zero attached hydrogens (tertiary/aromatic N) is 1.